The Bertz CT molecular complexity index is 1390. The molecule has 0 amide bonds. The molecule has 0 unspecified atom stereocenters. The highest BCUT2D eigenvalue weighted by Crippen LogP contribution is 2.32. The number of rotatable bonds is 10. The summed E-state index contributed by atoms with van der Waals surface area (Å²) in [6.07, 6.45) is 2.43. The highest BCUT2D eigenvalue weighted by Gasteiger charge is 2.19. The molecule has 0 aliphatic carbocycles. The average molecular weight is 488 g/mol. The first-order chi connectivity index (χ1) is 17.3. The van der Waals surface area contributed by atoms with Crippen LogP contribution >= 0.6 is 0 Å². The van der Waals surface area contributed by atoms with Crippen LogP contribution in [-0.4, -0.2) is 52.4 Å². The van der Waals surface area contributed by atoms with Crippen molar-refractivity contribution in [3.05, 3.63) is 94.8 Å². The van der Waals surface area contributed by atoms with Crippen LogP contribution < -0.4 is 0 Å². The number of aromatic hydroxyl groups is 1. The Morgan fingerprint density at radius 2 is 1.78 bits per heavy atom. The number of carbonyl (C=O) groups is 1. The molecule has 186 valence electrons. The van der Waals surface area contributed by atoms with Crippen molar-refractivity contribution in [3.8, 4) is 5.88 Å². The third kappa shape index (κ3) is 6.17. The summed E-state index contributed by atoms with van der Waals surface area (Å²) in [6.45, 7) is 0.993. The molecule has 0 spiro atoms. The molecule has 36 heavy (non-hydrogen) atoms. The summed E-state index contributed by atoms with van der Waals surface area (Å²) in [5.41, 5.74) is 5.08. The maximum atomic E-state index is 13.8. The predicted molar refractivity (Wildman–Crippen MR) is 141 cm³/mol. The van der Waals surface area contributed by atoms with Gasteiger partial charge in [0.1, 0.15) is 5.82 Å². The van der Waals surface area contributed by atoms with Gasteiger partial charge in [0.2, 0.25) is 0 Å². The fourth-order valence-corrected chi connectivity index (χ4v) is 4.25. The second-order valence-corrected chi connectivity index (χ2v) is 9.17. The van der Waals surface area contributed by atoms with Crippen molar-refractivity contribution in [1.29, 1.82) is 0 Å². The van der Waals surface area contributed by atoms with E-state index in [1.165, 1.54) is 17.7 Å². The first-order valence-electron chi connectivity index (χ1n) is 11.9. The largest absolute Gasteiger partial charge is 0.494 e. The number of fused-ring (bicyclic) bond motifs is 1. The van der Waals surface area contributed by atoms with Crippen molar-refractivity contribution < 1.29 is 19.4 Å². The van der Waals surface area contributed by atoms with Crippen molar-refractivity contribution in [1.82, 2.24) is 9.88 Å². The van der Waals surface area contributed by atoms with Crippen LogP contribution in [-0.2, 0) is 17.6 Å². The van der Waals surface area contributed by atoms with E-state index in [1.54, 1.807) is 6.07 Å². The zero-order valence-electron chi connectivity index (χ0n) is 20.5. The minimum absolute atomic E-state index is 0.0513. The lowest BCUT2D eigenvalue weighted by molar-refractivity contribution is -0.136. The molecule has 3 N–H and O–H groups in total. The van der Waals surface area contributed by atoms with Crippen LogP contribution in [0.3, 0.4) is 0 Å². The minimum atomic E-state index is -0.845. The van der Waals surface area contributed by atoms with Crippen molar-refractivity contribution >= 4 is 28.3 Å². The molecule has 0 bridgehead atoms. The van der Waals surface area contributed by atoms with E-state index in [0.29, 0.717) is 28.6 Å². The van der Waals surface area contributed by atoms with Crippen molar-refractivity contribution in [2.75, 3.05) is 20.6 Å². The molecule has 1 aromatic heterocycles. The number of hydrogen-bond acceptors (Lipinski definition) is 4. The molecule has 0 aliphatic heterocycles. The van der Waals surface area contributed by atoms with E-state index in [9.17, 15) is 14.3 Å². The number of carboxylic acids is 1. The topological polar surface area (TPSA) is 88.9 Å². The molecule has 0 atom stereocenters. The number of aliphatic imine (C=N–C) groups is 1. The van der Waals surface area contributed by atoms with Crippen LogP contribution in [0.1, 0.15) is 35.1 Å². The molecule has 4 aromatic rings. The molecular weight excluding hydrogens is 457 g/mol. The monoisotopic (exact) mass is 487 g/mol. The van der Waals surface area contributed by atoms with Gasteiger partial charge in [-0.15, -0.1) is 0 Å². The van der Waals surface area contributed by atoms with Gasteiger partial charge in [0, 0.05) is 17.4 Å². The van der Waals surface area contributed by atoms with Crippen LogP contribution in [0.15, 0.2) is 71.7 Å². The summed E-state index contributed by atoms with van der Waals surface area (Å²) < 4.78 is 13.8. The van der Waals surface area contributed by atoms with E-state index >= 15 is 0 Å². The van der Waals surface area contributed by atoms with Crippen LogP contribution in [0.2, 0.25) is 0 Å². The van der Waals surface area contributed by atoms with Crippen LogP contribution in [0, 0.1) is 5.82 Å². The standard InChI is InChI=1S/C29H30FN3O3/c1-33(2)16-4-6-20-5-3-7-23(17-20)31-28(21-11-8-19(9-12-21)10-15-26(34)35)27-24-14-13-22(30)18-25(24)32-29(27)36/h3,5,7-9,11-14,17-18,32,36H,4,6,10,15-16H2,1-2H3,(H,34,35). The SMILES string of the molecule is CN(C)CCCc1cccc(N=C(c2ccc(CCC(=O)O)cc2)c2c(O)[nH]c3cc(F)ccc23)c1. The van der Waals surface area contributed by atoms with Crippen LogP contribution in [0.5, 0.6) is 5.88 Å². The summed E-state index contributed by atoms with van der Waals surface area (Å²) in [7, 11) is 4.11. The lowest BCUT2D eigenvalue weighted by Gasteiger charge is -2.11. The minimum Gasteiger partial charge on any atom is -0.494 e. The number of aromatic nitrogens is 1. The maximum absolute atomic E-state index is 13.8. The Morgan fingerprint density at radius 1 is 1.00 bits per heavy atom. The first-order valence-corrected chi connectivity index (χ1v) is 11.9. The number of H-pyrrole nitrogens is 1. The van der Waals surface area contributed by atoms with Crippen molar-refractivity contribution in [2.24, 2.45) is 4.99 Å². The molecule has 6 nitrogen and oxygen atoms in total. The quantitative estimate of drug-likeness (QED) is 0.251. The fraction of sp³-hybridized carbons (Fsp3) is 0.241. The number of aryl methyl sites for hydroxylation is 2. The van der Waals surface area contributed by atoms with E-state index in [-0.39, 0.29) is 12.3 Å². The van der Waals surface area contributed by atoms with Crippen LogP contribution in [0.4, 0.5) is 10.1 Å². The maximum Gasteiger partial charge on any atom is 0.303 e. The van der Waals surface area contributed by atoms with Crippen molar-refractivity contribution in [2.45, 2.75) is 25.7 Å². The molecule has 0 radical (unpaired) electrons. The van der Waals surface area contributed by atoms with Gasteiger partial charge >= 0.3 is 5.97 Å². The molecule has 4 rings (SSSR count). The number of aliphatic carboxylic acids is 1. The summed E-state index contributed by atoms with van der Waals surface area (Å²) >= 11 is 0. The lowest BCUT2D eigenvalue weighted by atomic mass is 9.98. The molecule has 0 aliphatic rings. The van der Waals surface area contributed by atoms with E-state index in [4.69, 9.17) is 10.1 Å². The number of aromatic amines is 1. The predicted octanol–water partition coefficient (Wildman–Crippen LogP) is 5.69. The molecule has 0 fully saturated rings. The number of nitrogens with one attached hydrogen (secondary N) is 1. The molecule has 0 saturated carbocycles. The number of nitrogens with zero attached hydrogens (tertiary/aromatic N) is 2. The van der Waals surface area contributed by atoms with E-state index < -0.39 is 11.8 Å². The molecule has 3 aromatic carbocycles. The van der Waals surface area contributed by atoms with Gasteiger partial charge in [-0.3, -0.25) is 4.79 Å². The Labute approximate surface area is 209 Å². The third-order valence-electron chi connectivity index (χ3n) is 6.05. The first kappa shape index (κ1) is 25.1. The zero-order chi connectivity index (χ0) is 25.7. The Hall–Kier alpha value is -3.97. The Balaban J connectivity index is 1.77. The fourth-order valence-electron chi connectivity index (χ4n) is 4.25. The second-order valence-electron chi connectivity index (χ2n) is 9.17. The number of hydrogen-bond donors (Lipinski definition) is 3. The van der Waals surface area contributed by atoms with Gasteiger partial charge in [-0.05, 0) is 81.4 Å². The second kappa shape index (κ2) is 11.2. The van der Waals surface area contributed by atoms with Crippen molar-refractivity contribution in [3.63, 3.8) is 0 Å². The molecule has 1 heterocycles. The summed E-state index contributed by atoms with van der Waals surface area (Å²) in [4.78, 5) is 20.9. The van der Waals surface area contributed by atoms with Gasteiger partial charge in [0.15, 0.2) is 5.88 Å². The van der Waals surface area contributed by atoms with Crippen LogP contribution in [0.25, 0.3) is 10.9 Å². The van der Waals surface area contributed by atoms with Gasteiger partial charge in [0.05, 0.1) is 22.5 Å². The van der Waals surface area contributed by atoms with Gasteiger partial charge < -0.3 is 20.1 Å². The summed E-state index contributed by atoms with van der Waals surface area (Å²) in [6, 6.07) is 19.8. The summed E-state index contributed by atoms with van der Waals surface area (Å²) in [5.74, 6) is -1.34. The summed E-state index contributed by atoms with van der Waals surface area (Å²) in [5, 5.41) is 20.5. The average Bonchev–Trinajstić information content (AvgIpc) is 3.16. The van der Waals surface area contributed by atoms with Gasteiger partial charge in [-0.1, -0.05) is 36.4 Å². The Kier molecular flexibility index (Phi) is 7.80. The molecular formula is C29H30FN3O3. The molecule has 0 saturated heterocycles. The normalized spacial score (nSPS) is 11.9. The van der Waals surface area contributed by atoms with Gasteiger partial charge in [-0.2, -0.15) is 0 Å². The van der Waals surface area contributed by atoms with Gasteiger partial charge in [0.25, 0.3) is 0 Å². The van der Waals surface area contributed by atoms with E-state index in [2.05, 4.69) is 30.0 Å². The zero-order valence-corrected chi connectivity index (χ0v) is 20.5. The third-order valence-corrected chi connectivity index (χ3v) is 6.05. The molecule has 7 heteroatoms. The van der Waals surface area contributed by atoms with E-state index in [1.807, 2.05) is 42.5 Å². The van der Waals surface area contributed by atoms with Gasteiger partial charge in [-0.25, -0.2) is 9.38 Å². The number of halogens is 1. The highest BCUT2D eigenvalue weighted by atomic mass is 19.1. The Morgan fingerprint density at radius 3 is 2.50 bits per heavy atom. The number of carboxylic acid groups (broad SMARTS) is 1. The number of benzene rings is 3. The highest BCUT2D eigenvalue weighted by molar-refractivity contribution is 6.21. The smallest absolute Gasteiger partial charge is 0.303 e. The lowest BCUT2D eigenvalue weighted by Crippen LogP contribution is -2.13. The van der Waals surface area contributed by atoms with E-state index in [0.717, 1.165) is 36.2 Å².